The van der Waals surface area contributed by atoms with E-state index < -0.39 is 38.5 Å². The molecule has 0 bridgehead atoms. The van der Waals surface area contributed by atoms with Gasteiger partial charge < -0.3 is 10.1 Å². The molecule has 2 aromatic rings. The van der Waals surface area contributed by atoms with Crippen LogP contribution in [0.2, 0.25) is 10.0 Å². The van der Waals surface area contributed by atoms with Crippen molar-refractivity contribution in [1.29, 1.82) is 0 Å². The van der Waals surface area contributed by atoms with Gasteiger partial charge in [-0.3, -0.25) is 4.79 Å². The van der Waals surface area contributed by atoms with E-state index >= 15 is 0 Å². The number of esters is 1. The molecule has 11 heteroatoms. The molecule has 6 nitrogen and oxygen atoms in total. The molecule has 28 heavy (non-hydrogen) atoms. The van der Waals surface area contributed by atoms with Crippen molar-refractivity contribution in [2.75, 3.05) is 5.32 Å². The van der Waals surface area contributed by atoms with E-state index in [4.69, 9.17) is 27.9 Å². The maximum atomic E-state index is 12.5. The number of halogens is 4. The van der Waals surface area contributed by atoms with Gasteiger partial charge in [-0.25, -0.2) is 13.2 Å². The molecule has 150 valence electrons. The molecule has 1 N–H and O–H groups in total. The second kappa shape index (κ2) is 8.85. The first-order valence-corrected chi connectivity index (χ1v) is 9.91. The smallest absolute Gasteiger partial charge is 0.341 e. The molecule has 0 fully saturated rings. The standard InChI is InChI=1S/C17H13Cl2F2NO5S/c1-9(15(23)22-14-7-4-11(18)8-13(14)19)27-16(24)10-2-5-12(6-3-10)28(25,26)17(20)21/h2-9,17H,1H3,(H,22,23)/t9-/m0/s1. The predicted molar refractivity (Wildman–Crippen MR) is 99.6 cm³/mol. The van der Waals surface area contributed by atoms with Crippen molar-refractivity contribution in [2.45, 2.75) is 23.7 Å². The molecule has 1 amide bonds. The summed E-state index contributed by atoms with van der Waals surface area (Å²) >= 11 is 11.7. The molecule has 0 spiro atoms. The Morgan fingerprint density at radius 1 is 1.07 bits per heavy atom. The van der Waals surface area contributed by atoms with Gasteiger partial charge in [0.1, 0.15) is 0 Å². The molecular weight excluding hydrogens is 439 g/mol. The van der Waals surface area contributed by atoms with Gasteiger partial charge in [0.05, 0.1) is 21.2 Å². The summed E-state index contributed by atoms with van der Waals surface area (Å²) in [6.07, 6.45) is -1.22. The Morgan fingerprint density at radius 2 is 1.68 bits per heavy atom. The highest BCUT2D eigenvalue weighted by Gasteiger charge is 2.27. The van der Waals surface area contributed by atoms with E-state index in [0.29, 0.717) is 5.02 Å². The first-order chi connectivity index (χ1) is 13.0. The van der Waals surface area contributed by atoms with Crippen molar-refractivity contribution >= 4 is 50.6 Å². The van der Waals surface area contributed by atoms with Crippen LogP contribution in [0.4, 0.5) is 14.5 Å². The number of hydrogen-bond acceptors (Lipinski definition) is 5. The molecule has 0 saturated carbocycles. The summed E-state index contributed by atoms with van der Waals surface area (Å²) in [5.74, 6) is -5.19. The molecule has 0 aliphatic heterocycles. The minimum atomic E-state index is -4.77. The summed E-state index contributed by atoms with van der Waals surface area (Å²) in [6, 6.07) is 8.14. The number of nitrogens with one attached hydrogen (secondary N) is 1. The van der Waals surface area contributed by atoms with Gasteiger partial charge in [-0.15, -0.1) is 0 Å². The third-order valence-corrected chi connectivity index (χ3v) is 5.44. The van der Waals surface area contributed by atoms with Crippen LogP contribution in [-0.2, 0) is 19.4 Å². The Morgan fingerprint density at radius 3 is 2.21 bits per heavy atom. The first-order valence-electron chi connectivity index (χ1n) is 7.61. The number of benzene rings is 2. The summed E-state index contributed by atoms with van der Waals surface area (Å²) in [5, 5.41) is 3.03. The Bertz CT molecular complexity index is 997. The fourth-order valence-electron chi connectivity index (χ4n) is 1.99. The lowest BCUT2D eigenvalue weighted by molar-refractivity contribution is -0.123. The highest BCUT2D eigenvalue weighted by Crippen LogP contribution is 2.25. The van der Waals surface area contributed by atoms with Crippen LogP contribution < -0.4 is 5.32 Å². The second-order valence-corrected chi connectivity index (χ2v) is 8.25. The van der Waals surface area contributed by atoms with Crippen LogP contribution in [-0.4, -0.2) is 32.2 Å². The second-order valence-electron chi connectivity index (χ2n) is 5.49. The highest BCUT2D eigenvalue weighted by atomic mass is 35.5. The zero-order chi connectivity index (χ0) is 21.1. The number of rotatable bonds is 6. The van der Waals surface area contributed by atoms with Crippen molar-refractivity contribution in [3.8, 4) is 0 Å². The number of carbonyl (C=O) groups excluding carboxylic acids is 2. The van der Waals surface area contributed by atoms with Gasteiger partial charge in [0.15, 0.2) is 6.10 Å². The molecule has 0 aromatic heterocycles. The van der Waals surface area contributed by atoms with Crippen LogP contribution in [0.25, 0.3) is 0 Å². The maximum Gasteiger partial charge on any atom is 0.341 e. The third kappa shape index (κ3) is 5.18. The van der Waals surface area contributed by atoms with Gasteiger partial charge in [-0.2, -0.15) is 8.78 Å². The molecular formula is C17H13Cl2F2NO5S. The summed E-state index contributed by atoms with van der Waals surface area (Å²) in [6.45, 7) is 1.31. The van der Waals surface area contributed by atoms with Crippen LogP contribution in [0.15, 0.2) is 47.4 Å². The molecule has 0 radical (unpaired) electrons. The molecule has 1 atom stereocenters. The Balaban J connectivity index is 2.04. The molecule has 0 saturated heterocycles. The quantitative estimate of drug-likeness (QED) is 0.665. The van der Waals surface area contributed by atoms with Crippen molar-refractivity contribution < 1.29 is 31.5 Å². The first kappa shape index (κ1) is 22.1. The fraction of sp³-hybridized carbons (Fsp3) is 0.176. The van der Waals surface area contributed by atoms with E-state index in [1.807, 2.05) is 0 Å². The highest BCUT2D eigenvalue weighted by molar-refractivity contribution is 7.91. The van der Waals surface area contributed by atoms with Crippen molar-refractivity contribution in [3.05, 3.63) is 58.1 Å². The number of sulfone groups is 1. The van der Waals surface area contributed by atoms with Crippen LogP contribution in [0.5, 0.6) is 0 Å². The predicted octanol–water partition coefficient (Wildman–Crippen LogP) is 4.17. The number of anilines is 1. The number of amides is 1. The zero-order valence-corrected chi connectivity index (χ0v) is 16.5. The lowest BCUT2D eigenvalue weighted by Gasteiger charge is -2.14. The lowest BCUT2D eigenvalue weighted by atomic mass is 10.2. The van der Waals surface area contributed by atoms with E-state index in [9.17, 15) is 26.8 Å². The maximum absolute atomic E-state index is 12.5. The van der Waals surface area contributed by atoms with E-state index in [2.05, 4.69) is 5.32 Å². The molecule has 0 aliphatic carbocycles. The molecule has 0 heterocycles. The van der Waals surface area contributed by atoms with E-state index in [0.717, 1.165) is 24.3 Å². The Hall–Kier alpha value is -2.23. The minimum Gasteiger partial charge on any atom is -0.449 e. The molecule has 2 rings (SSSR count). The van der Waals surface area contributed by atoms with E-state index in [1.54, 1.807) is 0 Å². The number of carbonyl (C=O) groups is 2. The zero-order valence-electron chi connectivity index (χ0n) is 14.2. The van der Waals surface area contributed by atoms with Gasteiger partial charge in [0.25, 0.3) is 5.91 Å². The lowest BCUT2D eigenvalue weighted by Crippen LogP contribution is -2.30. The average molecular weight is 452 g/mol. The van der Waals surface area contributed by atoms with Crippen LogP contribution in [0.1, 0.15) is 17.3 Å². The van der Waals surface area contributed by atoms with Gasteiger partial charge >= 0.3 is 11.7 Å². The fourth-order valence-corrected chi connectivity index (χ4v) is 3.17. The summed E-state index contributed by atoms with van der Waals surface area (Å²) in [4.78, 5) is 23.6. The largest absolute Gasteiger partial charge is 0.449 e. The van der Waals surface area contributed by atoms with Gasteiger partial charge in [-0.1, -0.05) is 23.2 Å². The van der Waals surface area contributed by atoms with Gasteiger partial charge in [0, 0.05) is 5.02 Å². The molecule has 0 aliphatic rings. The normalized spacial score (nSPS) is 12.5. The van der Waals surface area contributed by atoms with E-state index in [-0.39, 0.29) is 16.3 Å². The SMILES string of the molecule is C[C@H](OC(=O)c1ccc(S(=O)(=O)C(F)F)cc1)C(=O)Nc1ccc(Cl)cc1Cl. The Labute approximate surface area is 169 Å². The number of ether oxygens (including phenoxy) is 1. The summed E-state index contributed by atoms with van der Waals surface area (Å²) in [5.41, 5.74) is 0.151. The number of hydrogen-bond donors (Lipinski definition) is 1. The van der Waals surface area contributed by atoms with Gasteiger partial charge in [0.2, 0.25) is 9.84 Å². The number of alkyl halides is 2. The summed E-state index contributed by atoms with van der Waals surface area (Å²) < 4.78 is 52.7. The average Bonchev–Trinajstić information content (AvgIpc) is 2.63. The molecule has 2 aromatic carbocycles. The Kier molecular flexibility index (Phi) is 6.97. The van der Waals surface area contributed by atoms with Crippen molar-refractivity contribution in [1.82, 2.24) is 0 Å². The van der Waals surface area contributed by atoms with Crippen LogP contribution >= 0.6 is 23.2 Å². The van der Waals surface area contributed by atoms with Crippen molar-refractivity contribution in [3.63, 3.8) is 0 Å². The van der Waals surface area contributed by atoms with E-state index in [1.165, 1.54) is 25.1 Å². The topological polar surface area (TPSA) is 89.5 Å². The minimum absolute atomic E-state index is 0.114. The third-order valence-electron chi connectivity index (χ3n) is 3.50. The van der Waals surface area contributed by atoms with Crippen LogP contribution in [0.3, 0.4) is 0 Å². The van der Waals surface area contributed by atoms with Crippen molar-refractivity contribution in [2.24, 2.45) is 0 Å². The van der Waals surface area contributed by atoms with Gasteiger partial charge in [-0.05, 0) is 49.4 Å². The summed E-state index contributed by atoms with van der Waals surface area (Å²) in [7, 11) is -4.77. The monoisotopic (exact) mass is 451 g/mol. The molecule has 0 unspecified atom stereocenters. The van der Waals surface area contributed by atoms with Crippen LogP contribution in [0, 0.1) is 0 Å².